The summed E-state index contributed by atoms with van der Waals surface area (Å²) in [5, 5.41) is 3.81. The Balaban J connectivity index is 1.96. The molecular formula is C17H15N3O2. The molecule has 0 saturated heterocycles. The second kappa shape index (κ2) is 5.81. The number of fused-ring (bicyclic) bond motifs is 1. The van der Waals surface area contributed by atoms with Crippen LogP contribution in [0.15, 0.2) is 53.6 Å². The molecule has 2 heterocycles. The maximum Gasteiger partial charge on any atom is 0.255 e. The topological polar surface area (TPSA) is 74.8 Å². The first-order chi connectivity index (χ1) is 10.7. The molecule has 0 aliphatic carbocycles. The average Bonchev–Trinajstić information content (AvgIpc) is 2.54. The zero-order valence-electron chi connectivity index (χ0n) is 12.1. The van der Waals surface area contributed by atoms with Gasteiger partial charge in [-0.05, 0) is 36.2 Å². The van der Waals surface area contributed by atoms with Gasteiger partial charge in [0.05, 0.1) is 5.52 Å². The van der Waals surface area contributed by atoms with Gasteiger partial charge in [0, 0.05) is 35.1 Å². The fraction of sp³-hybridized carbons (Fsp3) is 0.118. The normalized spacial score (nSPS) is 10.6. The van der Waals surface area contributed by atoms with Gasteiger partial charge in [0.2, 0.25) is 5.56 Å². The SMILES string of the molecule is CCc1cc(=O)[nH]c2cc(NC(=O)c3ccncc3)ccc12. The van der Waals surface area contributed by atoms with Gasteiger partial charge in [-0.15, -0.1) is 0 Å². The number of aromatic amines is 1. The summed E-state index contributed by atoms with van der Waals surface area (Å²) in [6.07, 6.45) is 3.92. The second-order valence-electron chi connectivity index (χ2n) is 4.96. The fourth-order valence-electron chi connectivity index (χ4n) is 2.41. The minimum absolute atomic E-state index is 0.137. The highest BCUT2D eigenvalue weighted by atomic mass is 16.1. The number of rotatable bonds is 3. The average molecular weight is 293 g/mol. The molecule has 1 aromatic carbocycles. The second-order valence-corrected chi connectivity index (χ2v) is 4.96. The van der Waals surface area contributed by atoms with Crippen molar-refractivity contribution in [3.05, 3.63) is 70.3 Å². The molecule has 22 heavy (non-hydrogen) atoms. The van der Waals surface area contributed by atoms with Crippen LogP contribution in [0.1, 0.15) is 22.8 Å². The van der Waals surface area contributed by atoms with E-state index >= 15 is 0 Å². The van der Waals surface area contributed by atoms with Crippen molar-refractivity contribution in [3.8, 4) is 0 Å². The molecule has 1 amide bonds. The third-order valence-electron chi connectivity index (χ3n) is 3.51. The van der Waals surface area contributed by atoms with Gasteiger partial charge in [-0.25, -0.2) is 0 Å². The zero-order valence-corrected chi connectivity index (χ0v) is 12.1. The lowest BCUT2D eigenvalue weighted by Gasteiger charge is -2.08. The maximum atomic E-state index is 12.1. The molecule has 0 aliphatic rings. The number of aromatic nitrogens is 2. The maximum absolute atomic E-state index is 12.1. The van der Waals surface area contributed by atoms with E-state index in [1.807, 2.05) is 19.1 Å². The van der Waals surface area contributed by atoms with Crippen LogP contribution in [0, 0.1) is 0 Å². The van der Waals surface area contributed by atoms with E-state index in [-0.39, 0.29) is 11.5 Å². The number of hydrogen-bond donors (Lipinski definition) is 2. The molecule has 5 heteroatoms. The van der Waals surface area contributed by atoms with Gasteiger partial charge in [-0.3, -0.25) is 14.6 Å². The van der Waals surface area contributed by atoms with E-state index in [9.17, 15) is 9.59 Å². The van der Waals surface area contributed by atoms with Gasteiger partial charge in [0.1, 0.15) is 0 Å². The van der Waals surface area contributed by atoms with Crippen LogP contribution in [-0.4, -0.2) is 15.9 Å². The summed E-state index contributed by atoms with van der Waals surface area (Å²) in [7, 11) is 0. The lowest BCUT2D eigenvalue weighted by Crippen LogP contribution is -2.12. The van der Waals surface area contributed by atoms with E-state index in [4.69, 9.17) is 0 Å². The molecule has 0 unspecified atom stereocenters. The molecule has 0 saturated carbocycles. The minimum Gasteiger partial charge on any atom is -0.322 e. The number of aryl methyl sites for hydroxylation is 1. The van der Waals surface area contributed by atoms with Gasteiger partial charge in [0.25, 0.3) is 5.91 Å². The molecule has 2 N–H and O–H groups in total. The summed E-state index contributed by atoms with van der Waals surface area (Å²) in [4.78, 5) is 30.5. The first kappa shape index (κ1) is 14.0. The van der Waals surface area contributed by atoms with E-state index in [0.29, 0.717) is 11.3 Å². The number of nitrogens with one attached hydrogen (secondary N) is 2. The van der Waals surface area contributed by atoms with Gasteiger partial charge >= 0.3 is 0 Å². The minimum atomic E-state index is -0.212. The van der Waals surface area contributed by atoms with E-state index in [1.165, 1.54) is 0 Å². The van der Waals surface area contributed by atoms with Crippen LogP contribution < -0.4 is 10.9 Å². The zero-order chi connectivity index (χ0) is 15.5. The van der Waals surface area contributed by atoms with E-state index in [0.717, 1.165) is 22.9 Å². The summed E-state index contributed by atoms with van der Waals surface area (Å²) in [6.45, 7) is 2.01. The molecule has 2 aromatic heterocycles. The Labute approximate surface area is 127 Å². The molecule has 0 atom stereocenters. The van der Waals surface area contributed by atoms with Crippen molar-refractivity contribution in [1.29, 1.82) is 0 Å². The van der Waals surface area contributed by atoms with Crippen molar-refractivity contribution in [2.24, 2.45) is 0 Å². The van der Waals surface area contributed by atoms with Crippen molar-refractivity contribution in [2.45, 2.75) is 13.3 Å². The molecule has 0 radical (unpaired) electrons. The quantitative estimate of drug-likeness (QED) is 0.779. The molecule has 3 rings (SSSR count). The molecule has 0 spiro atoms. The van der Waals surface area contributed by atoms with Crippen molar-refractivity contribution < 1.29 is 4.79 Å². The first-order valence-corrected chi connectivity index (χ1v) is 7.04. The number of amides is 1. The third-order valence-corrected chi connectivity index (χ3v) is 3.51. The van der Waals surface area contributed by atoms with Crippen molar-refractivity contribution in [1.82, 2.24) is 9.97 Å². The highest BCUT2D eigenvalue weighted by Crippen LogP contribution is 2.20. The van der Waals surface area contributed by atoms with Crippen LogP contribution in [0.5, 0.6) is 0 Å². The third kappa shape index (κ3) is 2.74. The summed E-state index contributed by atoms with van der Waals surface area (Å²) >= 11 is 0. The van der Waals surface area contributed by atoms with Gasteiger partial charge in [-0.1, -0.05) is 13.0 Å². The molecule has 3 aromatic rings. The predicted molar refractivity (Wildman–Crippen MR) is 86.1 cm³/mol. The van der Waals surface area contributed by atoms with Crippen LogP contribution in [0.3, 0.4) is 0 Å². The van der Waals surface area contributed by atoms with Crippen molar-refractivity contribution >= 4 is 22.5 Å². The smallest absolute Gasteiger partial charge is 0.255 e. The van der Waals surface area contributed by atoms with Gasteiger partial charge in [-0.2, -0.15) is 0 Å². The Bertz CT molecular complexity index is 885. The van der Waals surface area contributed by atoms with E-state index in [1.54, 1.807) is 36.7 Å². The lowest BCUT2D eigenvalue weighted by molar-refractivity contribution is 0.102. The summed E-state index contributed by atoms with van der Waals surface area (Å²) in [6, 6.07) is 10.4. The van der Waals surface area contributed by atoms with Crippen LogP contribution in [-0.2, 0) is 6.42 Å². The molecule has 0 fully saturated rings. The van der Waals surface area contributed by atoms with E-state index < -0.39 is 0 Å². The summed E-state index contributed by atoms with van der Waals surface area (Å²) < 4.78 is 0. The number of pyridine rings is 2. The summed E-state index contributed by atoms with van der Waals surface area (Å²) in [5.41, 5.74) is 2.74. The Morgan fingerprint density at radius 1 is 1.18 bits per heavy atom. The van der Waals surface area contributed by atoms with E-state index in [2.05, 4.69) is 15.3 Å². The largest absolute Gasteiger partial charge is 0.322 e. The highest BCUT2D eigenvalue weighted by Gasteiger charge is 2.07. The Hall–Kier alpha value is -2.95. The predicted octanol–water partition coefficient (Wildman–Crippen LogP) is 2.74. The number of benzene rings is 1. The van der Waals surface area contributed by atoms with Crippen LogP contribution >= 0.6 is 0 Å². The fourth-order valence-corrected chi connectivity index (χ4v) is 2.41. The highest BCUT2D eigenvalue weighted by molar-refractivity contribution is 6.05. The van der Waals surface area contributed by atoms with Gasteiger partial charge < -0.3 is 10.3 Å². The Morgan fingerprint density at radius 3 is 2.68 bits per heavy atom. The standard InChI is InChI=1S/C17H15N3O2/c1-2-11-9-16(21)20-15-10-13(3-4-14(11)15)19-17(22)12-5-7-18-8-6-12/h3-10H,2H2,1H3,(H,19,22)(H,20,21). The monoisotopic (exact) mass is 293 g/mol. The molecule has 0 bridgehead atoms. The Morgan fingerprint density at radius 2 is 1.95 bits per heavy atom. The number of carbonyl (C=O) groups is 1. The number of H-pyrrole nitrogens is 1. The lowest BCUT2D eigenvalue weighted by atomic mass is 10.1. The number of hydrogen-bond acceptors (Lipinski definition) is 3. The summed E-state index contributed by atoms with van der Waals surface area (Å²) in [5.74, 6) is -0.212. The van der Waals surface area contributed by atoms with Crippen LogP contribution in [0.4, 0.5) is 5.69 Å². The Kier molecular flexibility index (Phi) is 3.70. The molecule has 5 nitrogen and oxygen atoms in total. The molecular weight excluding hydrogens is 278 g/mol. The number of nitrogens with zero attached hydrogens (tertiary/aromatic N) is 1. The van der Waals surface area contributed by atoms with Crippen LogP contribution in [0.2, 0.25) is 0 Å². The first-order valence-electron chi connectivity index (χ1n) is 7.04. The molecule has 0 aliphatic heterocycles. The van der Waals surface area contributed by atoms with Crippen molar-refractivity contribution in [2.75, 3.05) is 5.32 Å². The van der Waals surface area contributed by atoms with Crippen molar-refractivity contribution in [3.63, 3.8) is 0 Å². The van der Waals surface area contributed by atoms with Gasteiger partial charge in [0.15, 0.2) is 0 Å². The number of carbonyl (C=O) groups excluding carboxylic acids is 1. The van der Waals surface area contributed by atoms with Crippen LogP contribution in [0.25, 0.3) is 10.9 Å². The molecule has 110 valence electrons. The number of anilines is 1.